The van der Waals surface area contributed by atoms with E-state index in [1.54, 1.807) is 0 Å². The van der Waals surface area contributed by atoms with E-state index in [-0.39, 0.29) is 0 Å². The van der Waals surface area contributed by atoms with E-state index < -0.39 is 0 Å². The predicted molar refractivity (Wildman–Crippen MR) is 76.9 cm³/mol. The lowest BCUT2D eigenvalue weighted by atomic mass is 10.0. The highest BCUT2D eigenvalue weighted by molar-refractivity contribution is 5.98. The first-order valence-electron chi connectivity index (χ1n) is 7.37. The van der Waals surface area contributed by atoms with E-state index >= 15 is 0 Å². The number of rotatable bonds is 12. The third-order valence-corrected chi connectivity index (χ3v) is 4.01. The van der Waals surface area contributed by atoms with Gasteiger partial charge in [0.2, 0.25) is 0 Å². The molecule has 0 aromatic heterocycles. The second-order valence-corrected chi connectivity index (χ2v) is 5.38. The molecule has 0 saturated heterocycles. The Balaban J connectivity index is 3.29. The fourth-order valence-electron chi connectivity index (χ4n) is 2.15. The Morgan fingerprint density at radius 1 is 0.750 bits per heavy atom. The van der Waals surface area contributed by atoms with Crippen LogP contribution in [0.5, 0.6) is 0 Å². The van der Waals surface area contributed by atoms with Crippen LogP contribution in [-0.2, 0) is 4.43 Å². The molecule has 0 aromatic carbocycles. The lowest BCUT2D eigenvalue weighted by Gasteiger charge is -2.15. The normalized spacial score (nSPS) is 13.1. The van der Waals surface area contributed by atoms with E-state index in [2.05, 4.69) is 13.8 Å². The molecule has 0 aliphatic rings. The second-order valence-electron chi connectivity index (χ2n) is 4.91. The molecule has 0 heterocycles. The first-order valence-corrected chi connectivity index (χ1v) is 8.19. The first-order chi connectivity index (χ1) is 7.85. The summed E-state index contributed by atoms with van der Waals surface area (Å²) in [5, 5.41) is 0. The van der Waals surface area contributed by atoms with Gasteiger partial charge in [-0.05, 0) is 12.8 Å². The molecule has 2 heteroatoms. The number of hydrogen-bond donors (Lipinski definition) is 0. The van der Waals surface area contributed by atoms with Gasteiger partial charge in [0.25, 0.3) is 0 Å². The quantitative estimate of drug-likeness (QED) is 0.373. The van der Waals surface area contributed by atoms with Crippen LogP contribution in [-0.4, -0.2) is 16.6 Å². The molecule has 0 saturated carbocycles. The van der Waals surface area contributed by atoms with Crippen molar-refractivity contribution in [1.82, 2.24) is 0 Å². The second kappa shape index (κ2) is 13.2. The summed E-state index contributed by atoms with van der Waals surface area (Å²) in [7, 11) is 0.911. The SMILES string of the molecule is CCCCCCCC(CCCCCC)O[SiH3]. The fraction of sp³-hybridized carbons (Fsp3) is 1.00. The van der Waals surface area contributed by atoms with Crippen LogP contribution in [0.4, 0.5) is 0 Å². The van der Waals surface area contributed by atoms with E-state index in [0.29, 0.717) is 6.10 Å². The van der Waals surface area contributed by atoms with Gasteiger partial charge in [-0.3, -0.25) is 0 Å². The van der Waals surface area contributed by atoms with Crippen molar-refractivity contribution in [3.05, 3.63) is 0 Å². The minimum Gasteiger partial charge on any atom is -0.425 e. The summed E-state index contributed by atoms with van der Waals surface area (Å²) < 4.78 is 5.68. The first kappa shape index (κ1) is 16.2. The van der Waals surface area contributed by atoms with Crippen LogP contribution in [0.15, 0.2) is 0 Å². The van der Waals surface area contributed by atoms with E-state index in [9.17, 15) is 0 Å². The Bertz CT molecular complexity index is 128. The largest absolute Gasteiger partial charge is 0.425 e. The third kappa shape index (κ3) is 10.7. The van der Waals surface area contributed by atoms with Gasteiger partial charge in [-0.15, -0.1) is 0 Å². The van der Waals surface area contributed by atoms with Crippen molar-refractivity contribution in [2.45, 2.75) is 90.6 Å². The molecule has 1 nitrogen and oxygen atoms in total. The summed E-state index contributed by atoms with van der Waals surface area (Å²) in [6.45, 7) is 4.55. The fourth-order valence-corrected chi connectivity index (χ4v) is 2.63. The molecule has 0 rings (SSSR count). The predicted octanol–water partition coefficient (Wildman–Crippen LogP) is 3.98. The minimum atomic E-state index is 0.588. The molecule has 0 bridgehead atoms. The average Bonchev–Trinajstić information content (AvgIpc) is 2.31. The monoisotopic (exact) mass is 244 g/mol. The summed E-state index contributed by atoms with van der Waals surface area (Å²) in [6.07, 6.45) is 15.6. The molecule has 0 N–H and O–H groups in total. The molecule has 0 fully saturated rings. The maximum atomic E-state index is 5.68. The molecule has 0 amide bonds. The van der Waals surface area contributed by atoms with Crippen LogP contribution in [0, 0.1) is 0 Å². The highest BCUT2D eigenvalue weighted by atomic mass is 28.2. The van der Waals surface area contributed by atoms with E-state index in [1.165, 1.54) is 70.6 Å². The molecular formula is C14H32OSi. The van der Waals surface area contributed by atoms with Crippen molar-refractivity contribution >= 4 is 10.5 Å². The van der Waals surface area contributed by atoms with Crippen LogP contribution in [0.2, 0.25) is 0 Å². The van der Waals surface area contributed by atoms with Crippen LogP contribution < -0.4 is 0 Å². The van der Waals surface area contributed by atoms with Gasteiger partial charge >= 0.3 is 0 Å². The molecule has 0 aromatic rings. The molecule has 0 radical (unpaired) electrons. The highest BCUT2D eigenvalue weighted by Crippen LogP contribution is 2.14. The van der Waals surface area contributed by atoms with Gasteiger partial charge in [-0.2, -0.15) is 0 Å². The van der Waals surface area contributed by atoms with E-state index in [0.717, 1.165) is 10.5 Å². The smallest absolute Gasteiger partial charge is 0.146 e. The zero-order chi connectivity index (χ0) is 12.1. The molecule has 16 heavy (non-hydrogen) atoms. The van der Waals surface area contributed by atoms with Gasteiger partial charge in [0.1, 0.15) is 10.5 Å². The van der Waals surface area contributed by atoms with Crippen molar-refractivity contribution in [3.8, 4) is 0 Å². The zero-order valence-electron chi connectivity index (χ0n) is 11.8. The van der Waals surface area contributed by atoms with Gasteiger partial charge in [-0.25, -0.2) is 0 Å². The Labute approximate surface area is 106 Å². The van der Waals surface area contributed by atoms with Crippen LogP contribution in [0.25, 0.3) is 0 Å². The Kier molecular flexibility index (Phi) is 13.4. The maximum Gasteiger partial charge on any atom is 0.146 e. The van der Waals surface area contributed by atoms with Gasteiger partial charge in [0.05, 0.1) is 0 Å². The summed E-state index contributed by atoms with van der Waals surface area (Å²) >= 11 is 0. The number of hydrogen-bond acceptors (Lipinski definition) is 1. The standard InChI is InChI=1S/C14H32OSi/c1-3-5-7-9-11-13-14(15-16)12-10-8-6-4-2/h14H,3-13H2,1-2,16H3. The molecule has 1 atom stereocenters. The maximum absolute atomic E-state index is 5.68. The lowest BCUT2D eigenvalue weighted by molar-refractivity contribution is 0.189. The van der Waals surface area contributed by atoms with Crippen LogP contribution in [0.3, 0.4) is 0 Å². The van der Waals surface area contributed by atoms with Crippen molar-refractivity contribution in [3.63, 3.8) is 0 Å². The van der Waals surface area contributed by atoms with Gasteiger partial charge in [0, 0.05) is 6.10 Å². The van der Waals surface area contributed by atoms with Gasteiger partial charge < -0.3 is 4.43 Å². The zero-order valence-corrected chi connectivity index (χ0v) is 13.8. The van der Waals surface area contributed by atoms with Gasteiger partial charge in [0.15, 0.2) is 0 Å². The van der Waals surface area contributed by atoms with E-state index in [4.69, 9.17) is 4.43 Å². The van der Waals surface area contributed by atoms with Crippen LogP contribution in [0.1, 0.15) is 84.5 Å². The summed E-state index contributed by atoms with van der Waals surface area (Å²) in [6, 6.07) is 0. The van der Waals surface area contributed by atoms with Crippen molar-refractivity contribution < 1.29 is 4.43 Å². The summed E-state index contributed by atoms with van der Waals surface area (Å²) in [5.41, 5.74) is 0. The summed E-state index contributed by atoms with van der Waals surface area (Å²) in [4.78, 5) is 0. The van der Waals surface area contributed by atoms with Gasteiger partial charge in [-0.1, -0.05) is 71.6 Å². The molecule has 1 unspecified atom stereocenters. The summed E-state index contributed by atoms with van der Waals surface area (Å²) in [5.74, 6) is 0. The molecule has 98 valence electrons. The lowest BCUT2D eigenvalue weighted by Crippen LogP contribution is -2.11. The third-order valence-electron chi connectivity index (χ3n) is 3.34. The Morgan fingerprint density at radius 2 is 1.19 bits per heavy atom. The minimum absolute atomic E-state index is 0.588. The molecular weight excluding hydrogens is 212 g/mol. The number of unbranched alkanes of at least 4 members (excludes halogenated alkanes) is 7. The topological polar surface area (TPSA) is 9.23 Å². The average molecular weight is 244 g/mol. The van der Waals surface area contributed by atoms with Crippen LogP contribution >= 0.6 is 0 Å². The molecule has 0 spiro atoms. The van der Waals surface area contributed by atoms with Crippen molar-refractivity contribution in [2.24, 2.45) is 0 Å². The Hall–Kier alpha value is 0.177. The molecule has 0 aliphatic heterocycles. The molecule has 0 aliphatic carbocycles. The van der Waals surface area contributed by atoms with Crippen molar-refractivity contribution in [2.75, 3.05) is 0 Å². The van der Waals surface area contributed by atoms with E-state index in [1.807, 2.05) is 0 Å². The Morgan fingerprint density at radius 3 is 1.62 bits per heavy atom. The van der Waals surface area contributed by atoms with Crippen molar-refractivity contribution in [1.29, 1.82) is 0 Å². The highest BCUT2D eigenvalue weighted by Gasteiger charge is 2.05.